The highest BCUT2D eigenvalue weighted by Crippen LogP contribution is 1.95. The lowest BCUT2D eigenvalue weighted by atomic mass is 10.3. The molecule has 1 N–H and O–H groups in total. The number of carbonyl (C=O) groups is 1. The normalized spacial score (nSPS) is 12.8. The molecule has 0 fully saturated rings. The van der Waals surface area contributed by atoms with Crippen LogP contribution in [0.2, 0.25) is 0 Å². The Balaban J connectivity index is 3.81. The Morgan fingerprint density at radius 3 is 2.60 bits per heavy atom. The molecule has 0 heterocycles. The number of hydrogen-bond acceptors (Lipinski definition) is 2. The number of carbonyl (C=O) groups excluding carboxylic acids is 1. The number of aliphatic hydroxyl groups excluding tert-OH is 1. The monoisotopic (exact) mass is 165 g/mol. The van der Waals surface area contributed by atoms with E-state index in [-0.39, 0.29) is 24.4 Å². The molecule has 0 aliphatic heterocycles. The fraction of sp³-hybridized carbons (Fsp3) is 0.833. The summed E-state index contributed by atoms with van der Waals surface area (Å²) in [6.07, 6.45) is 0. The van der Waals surface area contributed by atoms with Gasteiger partial charge in [0.2, 0.25) is 5.91 Å². The molecular weight excluding hydrogens is 154 g/mol. The molecule has 0 bridgehead atoms. The van der Waals surface area contributed by atoms with Crippen molar-refractivity contribution in [1.29, 1.82) is 0 Å². The highest BCUT2D eigenvalue weighted by atomic mass is 35.5. The van der Waals surface area contributed by atoms with Gasteiger partial charge in [0.15, 0.2) is 0 Å². The van der Waals surface area contributed by atoms with Crippen molar-refractivity contribution in [2.45, 2.75) is 13.0 Å². The summed E-state index contributed by atoms with van der Waals surface area (Å²) in [4.78, 5) is 12.2. The SMILES string of the molecule is CC(CO)N(C)C(=O)CCl. The second-order valence-corrected chi connectivity index (χ2v) is 2.44. The zero-order chi connectivity index (χ0) is 8.15. The van der Waals surface area contributed by atoms with Crippen molar-refractivity contribution >= 4 is 17.5 Å². The molecule has 4 heteroatoms. The third kappa shape index (κ3) is 2.54. The van der Waals surface area contributed by atoms with E-state index >= 15 is 0 Å². The molecule has 1 atom stereocenters. The summed E-state index contributed by atoms with van der Waals surface area (Å²) in [6.45, 7) is 1.73. The first-order valence-corrected chi connectivity index (χ1v) is 3.59. The fourth-order valence-electron chi connectivity index (χ4n) is 0.463. The molecule has 0 aliphatic carbocycles. The highest BCUT2D eigenvalue weighted by molar-refractivity contribution is 6.27. The van der Waals surface area contributed by atoms with Gasteiger partial charge in [-0.25, -0.2) is 0 Å². The maximum Gasteiger partial charge on any atom is 0.237 e. The first-order valence-electron chi connectivity index (χ1n) is 3.06. The summed E-state index contributed by atoms with van der Waals surface area (Å²) in [6, 6.07) is -0.147. The van der Waals surface area contributed by atoms with Crippen molar-refractivity contribution in [3.8, 4) is 0 Å². The number of alkyl halides is 1. The number of aliphatic hydroxyl groups is 1. The largest absolute Gasteiger partial charge is 0.394 e. The molecule has 0 radical (unpaired) electrons. The van der Waals surface area contributed by atoms with Crippen molar-refractivity contribution < 1.29 is 9.90 Å². The van der Waals surface area contributed by atoms with E-state index in [0.717, 1.165) is 0 Å². The molecule has 60 valence electrons. The molecule has 0 aromatic heterocycles. The molecule has 3 nitrogen and oxygen atoms in total. The number of likely N-dealkylation sites (N-methyl/N-ethyl adjacent to an activating group) is 1. The predicted octanol–water partition coefficient (Wildman–Crippen LogP) is 0.0644. The van der Waals surface area contributed by atoms with Crippen molar-refractivity contribution in [3.05, 3.63) is 0 Å². The second kappa shape index (κ2) is 4.52. The molecule has 0 saturated carbocycles. The molecular formula is C6H12ClNO2. The molecule has 0 aliphatic rings. The zero-order valence-corrected chi connectivity index (χ0v) is 6.93. The van der Waals surface area contributed by atoms with Crippen LogP contribution < -0.4 is 0 Å². The minimum atomic E-state index is -0.164. The topological polar surface area (TPSA) is 40.5 Å². The summed E-state index contributed by atoms with van der Waals surface area (Å²) in [5.74, 6) is -0.191. The Morgan fingerprint density at radius 1 is 1.80 bits per heavy atom. The van der Waals surface area contributed by atoms with Crippen LogP contribution in [0.4, 0.5) is 0 Å². The van der Waals surface area contributed by atoms with Crippen molar-refractivity contribution in [2.75, 3.05) is 19.5 Å². The van der Waals surface area contributed by atoms with Crippen LogP contribution in [-0.2, 0) is 4.79 Å². The highest BCUT2D eigenvalue weighted by Gasteiger charge is 2.12. The van der Waals surface area contributed by atoms with Crippen LogP contribution in [0, 0.1) is 0 Å². The molecule has 0 aromatic carbocycles. The standard InChI is InChI=1S/C6H12ClNO2/c1-5(4-9)8(2)6(10)3-7/h5,9H,3-4H2,1-2H3. The van der Waals surface area contributed by atoms with E-state index in [1.54, 1.807) is 14.0 Å². The van der Waals surface area contributed by atoms with Gasteiger partial charge >= 0.3 is 0 Å². The molecule has 10 heavy (non-hydrogen) atoms. The fourth-order valence-corrected chi connectivity index (χ4v) is 0.651. The third-order valence-corrected chi connectivity index (χ3v) is 1.66. The van der Waals surface area contributed by atoms with Crippen LogP contribution in [0.15, 0.2) is 0 Å². The second-order valence-electron chi connectivity index (χ2n) is 2.17. The Kier molecular flexibility index (Phi) is 4.40. The maximum atomic E-state index is 10.8. The van der Waals surface area contributed by atoms with Crippen LogP contribution >= 0.6 is 11.6 Å². The molecule has 0 aromatic rings. The first kappa shape index (κ1) is 9.72. The Bertz CT molecular complexity index is 118. The van der Waals surface area contributed by atoms with E-state index in [2.05, 4.69) is 0 Å². The van der Waals surface area contributed by atoms with E-state index in [9.17, 15) is 4.79 Å². The summed E-state index contributed by atoms with van der Waals surface area (Å²) in [7, 11) is 1.62. The van der Waals surface area contributed by atoms with Crippen LogP contribution in [0.25, 0.3) is 0 Å². The van der Waals surface area contributed by atoms with Gasteiger partial charge in [0.05, 0.1) is 12.6 Å². The van der Waals surface area contributed by atoms with Gasteiger partial charge in [0.1, 0.15) is 5.88 Å². The average molecular weight is 166 g/mol. The van der Waals surface area contributed by atoms with Crippen molar-refractivity contribution in [3.63, 3.8) is 0 Å². The summed E-state index contributed by atoms with van der Waals surface area (Å²) in [5.41, 5.74) is 0. The Morgan fingerprint density at radius 2 is 2.30 bits per heavy atom. The quantitative estimate of drug-likeness (QED) is 0.601. The lowest BCUT2D eigenvalue weighted by molar-refractivity contribution is -0.129. The Hall–Kier alpha value is -0.280. The van der Waals surface area contributed by atoms with Crippen LogP contribution in [0.1, 0.15) is 6.92 Å². The maximum absolute atomic E-state index is 10.8. The van der Waals surface area contributed by atoms with Crippen LogP contribution in [0.3, 0.4) is 0 Å². The summed E-state index contributed by atoms with van der Waals surface area (Å²) < 4.78 is 0. The minimum absolute atomic E-state index is 0.0269. The lowest BCUT2D eigenvalue weighted by Crippen LogP contribution is -2.37. The van der Waals surface area contributed by atoms with Gasteiger partial charge in [-0.1, -0.05) is 0 Å². The van der Waals surface area contributed by atoms with Crippen LogP contribution in [0.5, 0.6) is 0 Å². The first-order chi connectivity index (χ1) is 4.63. The van der Waals surface area contributed by atoms with Gasteiger partial charge in [0.25, 0.3) is 0 Å². The number of halogens is 1. The van der Waals surface area contributed by atoms with E-state index < -0.39 is 0 Å². The van der Waals surface area contributed by atoms with Gasteiger partial charge in [-0.15, -0.1) is 11.6 Å². The molecule has 1 amide bonds. The predicted molar refractivity (Wildman–Crippen MR) is 40.0 cm³/mol. The van der Waals surface area contributed by atoms with E-state index in [4.69, 9.17) is 16.7 Å². The molecule has 0 spiro atoms. The number of hydrogen-bond donors (Lipinski definition) is 1. The van der Waals surface area contributed by atoms with Gasteiger partial charge in [-0.2, -0.15) is 0 Å². The average Bonchev–Trinajstić information content (AvgIpc) is 2.00. The number of amides is 1. The van der Waals surface area contributed by atoms with Gasteiger partial charge in [0, 0.05) is 7.05 Å². The molecule has 0 rings (SSSR count). The van der Waals surface area contributed by atoms with Gasteiger partial charge < -0.3 is 10.0 Å². The number of nitrogens with zero attached hydrogens (tertiary/aromatic N) is 1. The summed E-state index contributed by atoms with van der Waals surface area (Å²) >= 11 is 5.28. The smallest absolute Gasteiger partial charge is 0.237 e. The Labute approximate surface area is 65.6 Å². The van der Waals surface area contributed by atoms with Gasteiger partial charge in [-0.05, 0) is 6.92 Å². The molecule has 0 saturated heterocycles. The minimum Gasteiger partial charge on any atom is -0.394 e. The van der Waals surface area contributed by atoms with Gasteiger partial charge in [-0.3, -0.25) is 4.79 Å². The lowest BCUT2D eigenvalue weighted by Gasteiger charge is -2.21. The van der Waals surface area contributed by atoms with Crippen molar-refractivity contribution in [1.82, 2.24) is 4.90 Å². The summed E-state index contributed by atoms with van der Waals surface area (Å²) in [5, 5.41) is 8.61. The molecule has 1 unspecified atom stereocenters. The number of rotatable bonds is 3. The van der Waals surface area contributed by atoms with E-state index in [1.165, 1.54) is 4.90 Å². The van der Waals surface area contributed by atoms with Crippen LogP contribution in [-0.4, -0.2) is 41.5 Å². The zero-order valence-electron chi connectivity index (χ0n) is 6.17. The van der Waals surface area contributed by atoms with E-state index in [0.29, 0.717) is 0 Å². The third-order valence-electron chi connectivity index (χ3n) is 1.43. The van der Waals surface area contributed by atoms with E-state index in [1.807, 2.05) is 0 Å². The van der Waals surface area contributed by atoms with Crippen molar-refractivity contribution in [2.24, 2.45) is 0 Å².